The lowest BCUT2D eigenvalue weighted by molar-refractivity contribution is 0.259. The van der Waals surface area contributed by atoms with Crippen molar-refractivity contribution in [2.45, 2.75) is 19.9 Å². The van der Waals surface area contributed by atoms with Crippen LogP contribution in [0.4, 0.5) is 20.3 Å². The minimum atomic E-state index is -0.954. The van der Waals surface area contributed by atoms with Gasteiger partial charge in [0.2, 0.25) is 0 Å². The number of likely N-dealkylation sites (N-methyl/N-ethyl adjacent to an activating group) is 1. The summed E-state index contributed by atoms with van der Waals surface area (Å²) in [6.45, 7) is 4.83. The summed E-state index contributed by atoms with van der Waals surface area (Å²) in [6.07, 6.45) is 5.07. The predicted octanol–water partition coefficient (Wildman–Crippen LogP) is 2.33. The first-order chi connectivity index (χ1) is 16.1. The van der Waals surface area contributed by atoms with Crippen LogP contribution in [0, 0.1) is 11.6 Å². The van der Waals surface area contributed by atoms with E-state index in [1.165, 1.54) is 0 Å². The predicted molar refractivity (Wildman–Crippen MR) is 128 cm³/mol. The van der Waals surface area contributed by atoms with Crippen molar-refractivity contribution in [1.82, 2.24) is 19.7 Å². The number of hydrazine groups is 1. The number of rotatable bonds is 8. The highest BCUT2D eigenvalue weighted by atomic mass is 19.1. The molecule has 3 aromatic rings. The molecule has 0 aliphatic heterocycles. The Hall–Kier alpha value is -3.77. The number of halogens is 2. The largest absolute Gasteiger partial charge is 0.492 e. The van der Waals surface area contributed by atoms with Gasteiger partial charge in [0.1, 0.15) is 23.9 Å². The van der Waals surface area contributed by atoms with Crippen molar-refractivity contribution in [3.8, 4) is 16.9 Å². The number of benzene rings is 1. The van der Waals surface area contributed by atoms with Gasteiger partial charge < -0.3 is 21.2 Å². The molecule has 0 saturated carbocycles. The van der Waals surface area contributed by atoms with Crippen LogP contribution in [0.25, 0.3) is 11.1 Å². The smallest absolute Gasteiger partial charge is 0.178 e. The molecule has 182 valence electrons. The number of pyridine rings is 1. The molecule has 0 bridgehead atoms. The molecule has 3 rings (SSSR count). The van der Waals surface area contributed by atoms with Crippen LogP contribution in [0.3, 0.4) is 0 Å². The van der Waals surface area contributed by atoms with Gasteiger partial charge in [0.05, 0.1) is 11.8 Å². The van der Waals surface area contributed by atoms with Crippen LogP contribution in [-0.4, -0.2) is 52.7 Å². The number of hydrogen-bond donors (Lipinski definition) is 3. The van der Waals surface area contributed by atoms with Crippen LogP contribution in [-0.2, 0) is 0 Å². The zero-order valence-electron chi connectivity index (χ0n) is 19.5. The molecule has 0 unspecified atom stereocenters. The van der Waals surface area contributed by atoms with E-state index < -0.39 is 17.3 Å². The number of hydrazone groups is 1. The second-order valence-corrected chi connectivity index (χ2v) is 8.17. The van der Waals surface area contributed by atoms with E-state index in [-0.39, 0.29) is 35.6 Å². The molecule has 1 aromatic carbocycles. The number of aromatic nitrogens is 3. The standard InChI is InChI=1S/C22H29F2N9O/c1-13(2)32-12-15(11-29-32)14-7-17(21(25)28-10-14)22(30-26)33(27)20-18(23)8-16(9-19(20)24)34-6-5-31(3)4/h7-13H,5-6,26-27H2,1-4H3,(H2,25,28)/b30-22-. The Kier molecular flexibility index (Phi) is 7.64. The Balaban J connectivity index is 1.93. The average molecular weight is 474 g/mol. The molecular weight excluding hydrogens is 444 g/mol. The van der Waals surface area contributed by atoms with Gasteiger partial charge in [-0.25, -0.2) is 19.6 Å². The Labute approximate surface area is 196 Å². The van der Waals surface area contributed by atoms with Crippen LogP contribution in [0.15, 0.2) is 41.9 Å². The maximum absolute atomic E-state index is 14.9. The van der Waals surface area contributed by atoms with E-state index in [9.17, 15) is 8.78 Å². The van der Waals surface area contributed by atoms with E-state index in [0.717, 1.165) is 17.7 Å². The van der Waals surface area contributed by atoms with Gasteiger partial charge in [0.15, 0.2) is 17.5 Å². The first-order valence-corrected chi connectivity index (χ1v) is 10.5. The Morgan fingerprint density at radius 2 is 1.82 bits per heavy atom. The Morgan fingerprint density at radius 3 is 2.38 bits per heavy atom. The first-order valence-electron chi connectivity index (χ1n) is 10.5. The van der Waals surface area contributed by atoms with Gasteiger partial charge in [-0.1, -0.05) is 0 Å². The molecule has 0 aliphatic carbocycles. The average Bonchev–Trinajstić information content (AvgIpc) is 3.25. The Bertz CT molecular complexity index is 1150. The number of ether oxygens (including phenoxy) is 1. The summed E-state index contributed by atoms with van der Waals surface area (Å²) in [6, 6.07) is 3.88. The van der Waals surface area contributed by atoms with E-state index in [0.29, 0.717) is 17.1 Å². The fourth-order valence-corrected chi connectivity index (χ4v) is 3.15. The van der Waals surface area contributed by atoms with Crippen LogP contribution in [0.2, 0.25) is 0 Å². The second kappa shape index (κ2) is 10.4. The number of anilines is 2. The fourth-order valence-electron chi connectivity index (χ4n) is 3.15. The molecule has 10 nitrogen and oxygen atoms in total. The SMILES string of the molecule is CC(C)n1cc(-c2cnc(N)c(/C(=N/N)N(N)c3c(F)cc(OCCN(C)C)cc3F)c2)cn1. The van der Waals surface area contributed by atoms with Gasteiger partial charge in [0.25, 0.3) is 0 Å². The number of nitrogens with two attached hydrogens (primary N) is 3. The van der Waals surface area contributed by atoms with Crippen LogP contribution >= 0.6 is 0 Å². The monoisotopic (exact) mass is 473 g/mol. The number of amidine groups is 1. The van der Waals surface area contributed by atoms with E-state index in [1.54, 1.807) is 23.1 Å². The van der Waals surface area contributed by atoms with Crippen LogP contribution < -0.4 is 27.2 Å². The lowest BCUT2D eigenvalue weighted by atomic mass is 10.1. The second-order valence-electron chi connectivity index (χ2n) is 8.17. The fraction of sp³-hybridized carbons (Fsp3) is 0.318. The number of nitrogens with zero attached hydrogens (tertiary/aromatic N) is 6. The van der Waals surface area contributed by atoms with Gasteiger partial charge >= 0.3 is 0 Å². The van der Waals surface area contributed by atoms with Crippen molar-refractivity contribution in [1.29, 1.82) is 0 Å². The van der Waals surface area contributed by atoms with Crippen molar-refractivity contribution < 1.29 is 13.5 Å². The highest BCUT2D eigenvalue weighted by Crippen LogP contribution is 2.30. The zero-order valence-corrected chi connectivity index (χ0v) is 19.5. The summed E-state index contributed by atoms with van der Waals surface area (Å²) in [5.74, 6) is 9.61. The molecule has 34 heavy (non-hydrogen) atoms. The Morgan fingerprint density at radius 1 is 1.15 bits per heavy atom. The quantitative estimate of drug-likeness (QED) is 0.196. The van der Waals surface area contributed by atoms with E-state index >= 15 is 0 Å². The van der Waals surface area contributed by atoms with Crippen molar-refractivity contribution in [2.75, 3.05) is 38.0 Å². The van der Waals surface area contributed by atoms with Crippen LogP contribution in [0.5, 0.6) is 5.75 Å². The maximum atomic E-state index is 14.9. The topological polar surface area (TPSA) is 137 Å². The minimum absolute atomic E-state index is 0.0316. The van der Waals surface area contributed by atoms with Gasteiger partial charge in [-0.2, -0.15) is 10.2 Å². The number of hydrogen-bond acceptors (Lipinski definition) is 8. The zero-order chi connectivity index (χ0) is 25.0. The molecule has 6 N–H and O–H groups in total. The highest BCUT2D eigenvalue weighted by Gasteiger charge is 2.24. The number of nitrogen functional groups attached to an aromatic ring is 1. The normalized spacial score (nSPS) is 12.0. The van der Waals surface area contributed by atoms with E-state index in [1.807, 2.05) is 39.0 Å². The molecule has 0 fully saturated rings. The molecule has 0 spiro atoms. The van der Waals surface area contributed by atoms with Crippen molar-refractivity contribution in [2.24, 2.45) is 16.8 Å². The molecule has 0 atom stereocenters. The summed E-state index contributed by atoms with van der Waals surface area (Å²) < 4.78 is 37.0. The van der Waals surface area contributed by atoms with Gasteiger partial charge in [-0.05, 0) is 34.0 Å². The van der Waals surface area contributed by atoms with Crippen molar-refractivity contribution >= 4 is 17.3 Å². The molecule has 0 aliphatic rings. The molecule has 0 saturated heterocycles. The molecule has 0 radical (unpaired) electrons. The molecule has 12 heteroatoms. The molecular formula is C22H29F2N9O. The molecule has 2 aromatic heterocycles. The third-order valence-corrected chi connectivity index (χ3v) is 5.01. The summed E-state index contributed by atoms with van der Waals surface area (Å²) in [5, 5.41) is 8.65. The summed E-state index contributed by atoms with van der Waals surface area (Å²) in [5.41, 5.74) is 7.07. The highest BCUT2D eigenvalue weighted by molar-refractivity contribution is 6.12. The van der Waals surface area contributed by atoms with Crippen LogP contribution in [0.1, 0.15) is 25.5 Å². The third-order valence-electron chi connectivity index (χ3n) is 5.01. The van der Waals surface area contributed by atoms with E-state index in [4.69, 9.17) is 22.2 Å². The third kappa shape index (κ3) is 5.41. The molecule has 2 heterocycles. The molecule has 0 amide bonds. The lowest BCUT2D eigenvalue weighted by Crippen LogP contribution is -2.40. The summed E-state index contributed by atoms with van der Waals surface area (Å²) in [7, 11) is 3.72. The van der Waals surface area contributed by atoms with E-state index in [2.05, 4.69) is 15.2 Å². The lowest BCUT2D eigenvalue weighted by Gasteiger charge is -2.22. The summed E-state index contributed by atoms with van der Waals surface area (Å²) >= 11 is 0. The maximum Gasteiger partial charge on any atom is 0.178 e. The first kappa shape index (κ1) is 24.9. The van der Waals surface area contributed by atoms with Crippen molar-refractivity contribution in [3.63, 3.8) is 0 Å². The summed E-state index contributed by atoms with van der Waals surface area (Å²) in [4.78, 5) is 6.05. The minimum Gasteiger partial charge on any atom is -0.492 e. The van der Waals surface area contributed by atoms with Gasteiger partial charge in [0, 0.05) is 48.2 Å². The van der Waals surface area contributed by atoms with Gasteiger partial charge in [-0.15, -0.1) is 0 Å². The van der Waals surface area contributed by atoms with Crippen molar-refractivity contribution in [3.05, 3.63) is 54.0 Å². The van der Waals surface area contributed by atoms with Gasteiger partial charge in [-0.3, -0.25) is 9.69 Å².